The third-order valence-electron chi connectivity index (χ3n) is 7.44. The Labute approximate surface area is 189 Å². The highest BCUT2D eigenvalue weighted by molar-refractivity contribution is 8.00. The second kappa shape index (κ2) is 7.05. The molecule has 2 aromatic rings. The monoisotopic (exact) mass is 476 g/mol. The normalized spacial score (nSPS) is 35.4. The van der Waals surface area contributed by atoms with E-state index in [2.05, 4.69) is 11.1 Å². The molecule has 10 heteroatoms. The largest absolute Gasteiger partial charge is 0.481 e. The maximum Gasteiger partial charge on any atom is 0.305 e. The van der Waals surface area contributed by atoms with Crippen LogP contribution in [-0.4, -0.2) is 44.6 Å². The maximum atomic E-state index is 13.3. The van der Waals surface area contributed by atoms with Gasteiger partial charge < -0.3 is 10.1 Å². The molecule has 2 saturated carbocycles. The number of amides is 2. The van der Waals surface area contributed by atoms with Gasteiger partial charge in [0, 0.05) is 33.9 Å². The Hall–Kier alpha value is -1.91. The summed E-state index contributed by atoms with van der Waals surface area (Å²) in [6.07, 6.45) is 1.12. The van der Waals surface area contributed by atoms with Crippen molar-refractivity contribution < 1.29 is 19.5 Å². The molecule has 162 valence electrons. The van der Waals surface area contributed by atoms with E-state index < -0.39 is 5.97 Å². The molecule has 31 heavy (non-hydrogen) atoms. The smallest absolute Gasteiger partial charge is 0.305 e. The second-order valence-corrected chi connectivity index (χ2v) is 12.0. The van der Waals surface area contributed by atoms with Crippen LogP contribution < -0.4 is 4.87 Å². The van der Waals surface area contributed by atoms with Gasteiger partial charge in [0.25, 0.3) is 0 Å². The molecule has 0 aromatic carbocycles. The molecule has 7 atom stereocenters. The van der Waals surface area contributed by atoms with Gasteiger partial charge in [-0.3, -0.25) is 24.1 Å². The lowest BCUT2D eigenvalue weighted by atomic mass is 9.69. The zero-order valence-corrected chi connectivity index (χ0v) is 18.8. The van der Waals surface area contributed by atoms with Crippen molar-refractivity contribution in [2.24, 2.45) is 29.6 Å². The summed E-state index contributed by atoms with van der Waals surface area (Å²) in [5.74, 6) is -1.21. The number of hydrogen-bond donors (Lipinski definition) is 2. The van der Waals surface area contributed by atoms with Gasteiger partial charge in [-0.1, -0.05) is 17.4 Å². The molecule has 6 rings (SSSR count). The summed E-state index contributed by atoms with van der Waals surface area (Å²) in [7, 11) is 0. The van der Waals surface area contributed by atoms with E-state index in [0.717, 1.165) is 16.3 Å². The SMILES string of the molecule is O=C(O)CCCN1C(=O)[C@@H]2[C@H]3C[C@@H]([C@@H]2C1=O)[C@@H]1[C@H](c2cccs2)c2sc(=O)[nH]c2S[C@@H]31. The molecule has 0 radical (unpaired) electrons. The van der Waals surface area contributed by atoms with Crippen LogP contribution in [0.3, 0.4) is 0 Å². The van der Waals surface area contributed by atoms with E-state index in [0.29, 0.717) is 6.42 Å². The van der Waals surface area contributed by atoms with Crippen LogP contribution >= 0.6 is 34.4 Å². The molecule has 2 aromatic heterocycles. The Balaban J connectivity index is 1.36. The number of carboxylic acids is 1. The molecule has 2 N–H and O–H groups in total. The Morgan fingerprint density at radius 1 is 1.19 bits per heavy atom. The predicted molar refractivity (Wildman–Crippen MR) is 116 cm³/mol. The summed E-state index contributed by atoms with van der Waals surface area (Å²) in [6.45, 7) is 0.188. The number of fused-ring (bicyclic) bond motifs is 9. The number of likely N-dealkylation sites (tertiary alicyclic amines) is 1. The van der Waals surface area contributed by atoms with Crippen molar-refractivity contribution in [3.63, 3.8) is 0 Å². The lowest BCUT2D eigenvalue weighted by Crippen LogP contribution is -2.42. The highest BCUT2D eigenvalue weighted by Crippen LogP contribution is 2.68. The van der Waals surface area contributed by atoms with Crippen LogP contribution in [0.5, 0.6) is 0 Å². The fraction of sp³-hybridized carbons (Fsp3) is 0.524. The number of carboxylic acid groups (broad SMARTS) is 1. The number of hydrogen-bond acceptors (Lipinski definition) is 7. The minimum absolute atomic E-state index is 0.0473. The molecule has 3 fully saturated rings. The summed E-state index contributed by atoms with van der Waals surface area (Å²) < 4.78 is 0. The van der Waals surface area contributed by atoms with E-state index >= 15 is 0 Å². The van der Waals surface area contributed by atoms with Crippen LogP contribution in [0.1, 0.15) is 34.9 Å². The van der Waals surface area contributed by atoms with Crippen LogP contribution in [-0.2, 0) is 14.4 Å². The van der Waals surface area contributed by atoms with Crippen molar-refractivity contribution >= 4 is 52.2 Å². The molecule has 2 amide bonds. The van der Waals surface area contributed by atoms with Crippen LogP contribution in [0, 0.1) is 29.6 Å². The molecule has 2 aliphatic carbocycles. The number of aliphatic carboxylic acids is 1. The Morgan fingerprint density at radius 3 is 2.68 bits per heavy atom. The second-order valence-electron chi connectivity index (χ2n) is 8.80. The predicted octanol–water partition coefficient (Wildman–Crippen LogP) is 2.84. The summed E-state index contributed by atoms with van der Waals surface area (Å²) >= 11 is 4.64. The zero-order chi connectivity index (χ0) is 21.4. The number of thioether (sulfide) groups is 1. The highest BCUT2D eigenvalue weighted by atomic mass is 32.2. The van der Waals surface area contributed by atoms with Crippen molar-refractivity contribution in [3.8, 4) is 0 Å². The van der Waals surface area contributed by atoms with Gasteiger partial charge in [-0.05, 0) is 42.0 Å². The molecule has 7 nitrogen and oxygen atoms in total. The number of carbonyl (C=O) groups excluding carboxylic acids is 2. The van der Waals surface area contributed by atoms with Gasteiger partial charge in [-0.15, -0.1) is 23.1 Å². The fourth-order valence-corrected chi connectivity index (χ4v) is 10.3. The summed E-state index contributed by atoms with van der Waals surface area (Å²) in [5, 5.41) is 12.1. The average molecular weight is 477 g/mol. The molecule has 2 aliphatic heterocycles. The number of nitrogens with one attached hydrogen (secondary N) is 1. The lowest BCUT2D eigenvalue weighted by Gasteiger charge is -2.42. The first-order valence-corrected chi connectivity index (χ1v) is 13.0. The quantitative estimate of drug-likeness (QED) is 0.643. The molecular weight excluding hydrogens is 456 g/mol. The van der Waals surface area contributed by atoms with Gasteiger partial charge >= 0.3 is 10.8 Å². The van der Waals surface area contributed by atoms with Crippen molar-refractivity contribution in [1.29, 1.82) is 0 Å². The Bertz CT molecular complexity index is 1140. The van der Waals surface area contributed by atoms with Crippen molar-refractivity contribution in [2.75, 3.05) is 6.54 Å². The number of aromatic nitrogens is 1. The van der Waals surface area contributed by atoms with Gasteiger partial charge in [-0.2, -0.15) is 0 Å². The van der Waals surface area contributed by atoms with E-state index in [9.17, 15) is 19.2 Å². The summed E-state index contributed by atoms with van der Waals surface area (Å²) in [5.41, 5.74) is 0. The maximum absolute atomic E-state index is 13.3. The molecule has 1 saturated heterocycles. The minimum Gasteiger partial charge on any atom is -0.481 e. The molecule has 4 aliphatic rings. The summed E-state index contributed by atoms with van der Waals surface area (Å²) in [6, 6.07) is 4.13. The number of H-pyrrole nitrogens is 1. The minimum atomic E-state index is -0.916. The van der Waals surface area contributed by atoms with Crippen molar-refractivity contribution in [2.45, 2.75) is 35.5 Å². The number of thiophene rings is 1. The number of imide groups is 1. The zero-order valence-electron chi connectivity index (χ0n) is 16.4. The first kappa shape index (κ1) is 19.8. The molecule has 0 spiro atoms. The third kappa shape index (κ3) is 2.77. The molecule has 2 bridgehead atoms. The first-order chi connectivity index (χ1) is 15.0. The van der Waals surface area contributed by atoms with Gasteiger partial charge in [0.05, 0.1) is 16.9 Å². The van der Waals surface area contributed by atoms with Crippen molar-refractivity contribution in [3.05, 3.63) is 36.9 Å². The number of thiazole rings is 1. The van der Waals surface area contributed by atoms with Crippen LogP contribution in [0.25, 0.3) is 0 Å². The molecule has 4 heterocycles. The van der Waals surface area contributed by atoms with E-state index in [1.165, 1.54) is 21.1 Å². The number of carbonyl (C=O) groups is 3. The molecular formula is C21H20N2O5S3. The third-order valence-corrected chi connectivity index (χ3v) is 11.0. The highest BCUT2D eigenvalue weighted by Gasteiger charge is 2.69. The van der Waals surface area contributed by atoms with Crippen LogP contribution in [0.2, 0.25) is 0 Å². The van der Waals surface area contributed by atoms with E-state index in [-0.39, 0.29) is 70.4 Å². The Kier molecular flexibility index (Phi) is 4.49. The number of rotatable bonds is 5. The number of aromatic amines is 1. The Morgan fingerprint density at radius 2 is 1.97 bits per heavy atom. The van der Waals surface area contributed by atoms with Gasteiger partial charge in [0.2, 0.25) is 11.8 Å². The lowest BCUT2D eigenvalue weighted by molar-refractivity contribution is -0.142. The van der Waals surface area contributed by atoms with E-state index in [1.807, 2.05) is 11.4 Å². The number of nitrogens with zero attached hydrogens (tertiary/aromatic N) is 1. The topological polar surface area (TPSA) is 108 Å². The van der Waals surface area contributed by atoms with E-state index in [4.69, 9.17) is 5.11 Å². The summed E-state index contributed by atoms with van der Waals surface area (Å²) in [4.78, 5) is 56.0. The van der Waals surface area contributed by atoms with Gasteiger partial charge in [0.15, 0.2) is 0 Å². The standard InChI is InChI=1S/C21H20N2O5S3/c24-11(25)4-1-5-23-19(26)13-8-7-9(14(13)20(23)27)16-12(8)15(10-3-2-6-29-10)17-18(30-16)22-21(28)31-17/h2-3,6,8-9,12-16H,1,4-5,7H2,(H,22,28)(H,24,25)/t8-,9-,12-,13+,14-,15+,16+/m1/s1. The van der Waals surface area contributed by atoms with Crippen LogP contribution in [0.4, 0.5) is 0 Å². The first-order valence-electron chi connectivity index (χ1n) is 10.5. The average Bonchev–Trinajstić information content (AvgIpc) is 3.51. The van der Waals surface area contributed by atoms with Crippen LogP contribution in [0.15, 0.2) is 27.3 Å². The van der Waals surface area contributed by atoms with Gasteiger partial charge in [0.1, 0.15) is 0 Å². The fourth-order valence-electron chi connectivity index (χ4n) is 6.47. The van der Waals surface area contributed by atoms with Gasteiger partial charge in [-0.25, -0.2) is 0 Å². The van der Waals surface area contributed by atoms with E-state index in [1.54, 1.807) is 23.1 Å². The van der Waals surface area contributed by atoms with Crippen molar-refractivity contribution in [1.82, 2.24) is 9.88 Å². The molecule has 0 unspecified atom stereocenters.